The first-order valence-electron chi connectivity index (χ1n) is 10.5. The van der Waals surface area contributed by atoms with E-state index in [1.807, 2.05) is 0 Å². The third kappa shape index (κ3) is 5.21. The minimum Gasteiger partial charge on any atom is -0.493 e. The summed E-state index contributed by atoms with van der Waals surface area (Å²) < 4.78 is 76.3. The van der Waals surface area contributed by atoms with Crippen molar-refractivity contribution in [1.29, 1.82) is 0 Å². The van der Waals surface area contributed by atoms with E-state index in [1.165, 1.54) is 12.1 Å². The van der Waals surface area contributed by atoms with Crippen molar-refractivity contribution >= 4 is 45.8 Å². The first kappa shape index (κ1) is 20.7. The van der Waals surface area contributed by atoms with Crippen LogP contribution in [0.4, 0.5) is 23.2 Å². The van der Waals surface area contributed by atoms with Crippen molar-refractivity contribution in [2.45, 2.75) is 12.1 Å². The molecule has 1 aliphatic rings. The molecule has 1 unspecified atom stereocenters. The molecule has 2 heterocycles. The lowest BCUT2D eigenvalue weighted by Gasteiger charge is -2.09. The molecule has 3 N–H and O–H groups in total. The Hall–Kier alpha value is -2.89. The van der Waals surface area contributed by atoms with Gasteiger partial charge in [0, 0.05) is 40.6 Å². The first-order chi connectivity index (χ1) is 16.6. The minimum atomic E-state index is -5.08. The molecule has 0 spiro atoms. The van der Waals surface area contributed by atoms with Gasteiger partial charge in [-0.1, -0.05) is 23.2 Å². The third-order valence-electron chi connectivity index (χ3n) is 4.57. The lowest BCUT2D eigenvalue weighted by Crippen LogP contribution is -2.21. The number of halogens is 6. The quantitative estimate of drug-likeness (QED) is 0.395. The fourth-order valence-electron chi connectivity index (χ4n) is 2.93. The van der Waals surface area contributed by atoms with Gasteiger partial charge in [-0.15, -0.1) is 0 Å². The molecule has 33 heavy (non-hydrogen) atoms. The van der Waals surface area contributed by atoms with Crippen molar-refractivity contribution in [3.05, 3.63) is 57.5 Å². The Balaban J connectivity index is 0.000000454. The second kappa shape index (κ2) is 9.54. The lowest BCUT2D eigenvalue weighted by molar-refractivity contribution is -0.192. The number of nitrogens with two attached hydrogens (primary N) is 1. The van der Waals surface area contributed by atoms with Crippen LogP contribution in [0.15, 0.2) is 35.6 Å². The Morgan fingerprint density at radius 2 is 2.12 bits per heavy atom. The van der Waals surface area contributed by atoms with Gasteiger partial charge >= 0.3 is 12.1 Å². The van der Waals surface area contributed by atoms with Crippen LogP contribution in [0.5, 0.6) is 5.75 Å². The van der Waals surface area contributed by atoms with Gasteiger partial charge in [0.2, 0.25) is 0 Å². The molecule has 1 atom stereocenters. The largest absolute Gasteiger partial charge is 0.493 e. The standard InChI is InChI=1S/C18H15Cl2FN4O.C2HF3O2/c1-25-8-23-18(24-13-3-2-12(19)16(20)17(13)21)11-4-10-9(6-22)7-26-15(10)5-14(11)25;3-2(4,5)1(6)7/h2-5,8-9H,6-7,22H2,1H3;(H,6,7)/b24-18-;/i1D3;. The maximum atomic E-state index is 14.5. The van der Waals surface area contributed by atoms with Gasteiger partial charge in [-0.2, -0.15) is 13.2 Å². The Morgan fingerprint density at radius 3 is 2.73 bits per heavy atom. The molecule has 0 saturated carbocycles. The van der Waals surface area contributed by atoms with Crippen molar-refractivity contribution in [2.24, 2.45) is 17.7 Å². The summed E-state index contributed by atoms with van der Waals surface area (Å²) in [5, 5.41) is 7.37. The van der Waals surface area contributed by atoms with Gasteiger partial charge < -0.3 is 20.1 Å². The van der Waals surface area contributed by atoms with E-state index in [4.69, 9.17) is 47.7 Å². The maximum Gasteiger partial charge on any atom is 0.490 e. The zero-order chi connectivity index (χ0) is 27.0. The van der Waals surface area contributed by atoms with Crippen molar-refractivity contribution < 1.29 is 36.3 Å². The fourth-order valence-corrected chi connectivity index (χ4v) is 3.24. The monoisotopic (exact) mass is 509 g/mol. The number of carboxylic acids is 1. The summed E-state index contributed by atoms with van der Waals surface area (Å²) >= 11 is 11.7. The predicted octanol–water partition coefficient (Wildman–Crippen LogP) is 4.32. The molecule has 0 amide bonds. The number of aryl methyl sites for hydroxylation is 1. The molecule has 7 nitrogen and oxygen atoms in total. The van der Waals surface area contributed by atoms with Crippen LogP contribution in [0.2, 0.25) is 10.0 Å². The molecular formula is C20H16Cl2F4N4O3. The molecule has 4 rings (SSSR count). The predicted molar refractivity (Wildman–Crippen MR) is 113 cm³/mol. The Labute approximate surface area is 198 Å². The fraction of sp³-hybridized carbons (Fsp3) is 0.250. The van der Waals surface area contributed by atoms with E-state index in [1.54, 1.807) is 12.1 Å². The van der Waals surface area contributed by atoms with Crippen molar-refractivity contribution in [2.75, 3.05) is 13.2 Å². The number of rotatable bonds is 2. The summed E-state index contributed by atoms with van der Waals surface area (Å²) in [4.78, 5) is 17.3. The van der Waals surface area contributed by atoms with Crippen LogP contribution in [0.1, 0.15) is 15.6 Å². The van der Waals surface area contributed by atoms with Gasteiger partial charge in [-0.05, 0) is 18.2 Å². The molecular weight excluding hydrogens is 491 g/mol. The van der Waals surface area contributed by atoms with Crippen LogP contribution in [0, 0.1) is 5.82 Å². The second-order valence-corrected chi connectivity index (χ2v) is 7.48. The Kier molecular flexibility index (Phi) is 5.98. The van der Waals surface area contributed by atoms with Crippen LogP contribution < -0.4 is 16.0 Å². The van der Waals surface area contributed by atoms with Gasteiger partial charge in [0.15, 0.2) is 11.3 Å². The number of hydrogen-bond donors (Lipinski definition) is 2. The van der Waals surface area contributed by atoms with E-state index in [9.17, 15) is 17.6 Å². The van der Waals surface area contributed by atoms with Gasteiger partial charge in [-0.25, -0.2) is 19.2 Å². The molecule has 2 aromatic carbocycles. The number of aliphatic carboxylic acids is 1. The third-order valence-corrected chi connectivity index (χ3v) is 5.35. The molecule has 3 aromatic rings. The average molecular weight is 510 g/mol. The molecule has 1 aliphatic heterocycles. The number of fused-ring (bicyclic) bond motifs is 2. The lowest BCUT2D eigenvalue weighted by atomic mass is 10.00. The van der Waals surface area contributed by atoms with E-state index in [0.717, 1.165) is 16.5 Å². The Bertz CT molecular complexity index is 1400. The normalized spacial score (nSPS) is 17.4. The zero-order valence-electron chi connectivity index (χ0n) is 19.3. The minimum absolute atomic E-state index is 0.0367. The van der Waals surface area contributed by atoms with E-state index >= 15 is 0 Å². The van der Waals surface area contributed by atoms with Gasteiger partial charge in [-0.3, -0.25) is 0 Å². The molecule has 0 aliphatic carbocycles. The SMILES string of the molecule is O=C(O)C(F)(F)F.[2H]C([2H])([2H])n1cn/c(=N\c2ccc(Cl)c(Cl)c2F)c2cc3c(cc21)OCC3CN. The first-order valence-corrected chi connectivity index (χ1v) is 9.77. The highest BCUT2D eigenvalue weighted by molar-refractivity contribution is 6.42. The molecule has 1 aromatic heterocycles. The number of hydrogen-bond acceptors (Lipinski definition) is 5. The number of benzene rings is 2. The van der Waals surface area contributed by atoms with Gasteiger partial charge in [0.25, 0.3) is 0 Å². The average Bonchev–Trinajstić information content (AvgIpc) is 3.19. The Morgan fingerprint density at radius 1 is 1.42 bits per heavy atom. The summed E-state index contributed by atoms with van der Waals surface area (Å²) in [6.07, 6.45) is -3.94. The highest BCUT2D eigenvalue weighted by atomic mass is 35.5. The van der Waals surface area contributed by atoms with Crippen LogP contribution in [-0.2, 0) is 11.8 Å². The highest BCUT2D eigenvalue weighted by Crippen LogP contribution is 2.36. The van der Waals surface area contributed by atoms with Crippen molar-refractivity contribution in [3.63, 3.8) is 0 Å². The van der Waals surface area contributed by atoms with Crippen molar-refractivity contribution in [3.8, 4) is 5.75 Å². The zero-order valence-corrected chi connectivity index (χ0v) is 17.8. The smallest absolute Gasteiger partial charge is 0.490 e. The number of ether oxygens (including phenoxy) is 1. The van der Waals surface area contributed by atoms with E-state index < -0.39 is 24.9 Å². The highest BCUT2D eigenvalue weighted by Gasteiger charge is 2.38. The molecule has 0 bridgehead atoms. The maximum absolute atomic E-state index is 14.5. The molecule has 0 saturated heterocycles. The van der Waals surface area contributed by atoms with E-state index in [0.29, 0.717) is 29.8 Å². The second-order valence-electron chi connectivity index (χ2n) is 6.70. The molecule has 0 radical (unpaired) electrons. The molecule has 13 heteroatoms. The molecule has 176 valence electrons. The van der Waals surface area contributed by atoms with E-state index in [-0.39, 0.29) is 27.1 Å². The topological polar surface area (TPSA) is 103 Å². The van der Waals surface area contributed by atoms with Crippen LogP contribution in [0.3, 0.4) is 0 Å². The number of carboxylic acid groups (broad SMARTS) is 1. The van der Waals surface area contributed by atoms with Crippen LogP contribution in [0.25, 0.3) is 10.9 Å². The molecule has 0 fully saturated rings. The van der Waals surface area contributed by atoms with E-state index in [2.05, 4.69) is 9.98 Å². The van der Waals surface area contributed by atoms with Gasteiger partial charge in [0.1, 0.15) is 11.4 Å². The van der Waals surface area contributed by atoms with Gasteiger partial charge in [0.05, 0.1) is 28.5 Å². The van der Waals surface area contributed by atoms with Crippen molar-refractivity contribution in [1.82, 2.24) is 9.55 Å². The van der Waals surface area contributed by atoms with Crippen LogP contribution >= 0.6 is 23.2 Å². The van der Waals surface area contributed by atoms with Crippen LogP contribution in [-0.4, -0.2) is 40.0 Å². The number of alkyl halides is 3. The number of carbonyl (C=O) groups is 1. The summed E-state index contributed by atoms with van der Waals surface area (Å²) in [5.74, 6) is -3.02. The summed E-state index contributed by atoms with van der Waals surface area (Å²) in [5.41, 5.74) is 7.05. The number of nitrogens with zero attached hydrogens (tertiary/aromatic N) is 3. The summed E-state index contributed by atoms with van der Waals surface area (Å²) in [7, 11) is 0. The summed E-state index contributed by atoms with van der Waals surface area (Å²) in [6, 6.07) is 6.17. The summed E-state index contributed by atoms with van der Waals surface area (Å²) in [6.45, 7) is -1.71. The number of aromatic nitrogens is 2.